The maximum Gasteiger partial charge on any atom is 0.135 e. The molecule has 21 heavy (non-hydrogen) atoms. The van der Waals surface area contributed by atoms with Crippen LogP contribution in [-0.4, -0.2) is 39.0 Å². The van der Waals surface area contributed by atoms with E-state index in [2.05, 4.69) is 37.2 Å². The van der Waals surface area contributed by atoms with Crippen molar-refractivity contribution in [1.29, 1.82) is 0 Å². The molecule has 1 N–H and O–H groups in total. The van der Waals surface area contributed by atoms with E-state index in [9.17, 15) is 0 Å². The number of nitrogens with one attached hydrogen (secondary N) is 1. The maximum absolute atomic E-state index is 5.95. The highest BCUT2D eigenvalue weighted by Gasteiger charge is 2.16. The summed E-state index contributed by atoms with van der Waals surface area (Å²) >= 11 is 6.98. The molecule has 118 valence electrons. The maximum atomic E-state index is 5.95. The van der Waals surface area contributed by atoms with E-state index in [1.165, 1.54) is 6.42 Å². The first-order valence-electron chi connectivity index (χ1n) is 7.12. The van der Waals surface area contributed by atoms with Crippen molar-refractivity contribution in [3.05, 3.63) is 21.1 Å². The topological polar surface area (TPSA) is 39.7 Å². The van der Waals surface area contributed by atoms with Gasteiger partial charge >= 0.3 is 0 Å². The number of halogens is 2. The number of benzene rings is 1. The minimum atomic E-state index is 0.0722. The predicted octanol–water partition coefficient (Wildman–Crippen LogP) is 3.76. The Morgan fingerprint density at radius 1 is 1.33 bits per heavy atom. The molecule has 1 fully saturated rings. The van der Waals surface area contributed by atoms with Crippen LogP contribution in [0.3, 0.4) is 0 Å². The van der Waals surface area contributed by atoms with Crippen molar-refractivity contribution in [2.45, 2.75) is 32.0 Å². The molecule has 0 saturated carbocycles. The summed E-state index contributed by atoms with van der Waals surface area (Å²) in [6.07, 6.45) is 2.76. The fourth-order valence-electron chi connectivity index (χ4n) is 2.27. The van der Waals surface area contributed by atoms with Crippen LogP contribution in [0.4, 0.5) is 0 Å². The van der Waals surface area contributed by atoms with Gasteiger partial charge in [-0.25, -0.2) is 0 Å². The lowest BCUT2D eigenvalue weighted by Crippen LogP contribution is -2.34. The molecule has 1 aliphatic rings. The highest BCUT2D eigenvalue weighted by molar-refractivity contribution is 9.11. The molecule has 2 rings (SSSR count). The Morgan fingerprint density at radius 3 is 2.71 bits per heavy atom. The van der Waals surface area contributed by atoms with Gasteiger partial charge in [0.25, 0.3) is 0 Å². The van der Waals surface area contributed by atoms with E-state index in [0.29, 0.717) is 6.10 Å². The second kappa shape index (κ2) is 8.36. The van der Waals surface area contributed by atoms with Crippen LogP contribution in [0.5, 0.6) is 11.5 Å². The van der Waals surface area contributed by atoms with Gasteiger partial charge in [-0.05, 0) is 63.8 Å². The molecule has 0 aliphatic carbocycles. The predicted molar refractivity (Wildman–Crippen MR) is 90.3 cm³/mol. The van der Waals surface area contributed by atoms with Crippen molar-refractivity contribution >= 4 is 31.9 Å². The lowest BCUT2D eigenvalue weighted by atomic mass is 10.2. The Kier molecular flexibility index (Phi) is 6.79. The number of hydrogen-bond donors (Lipinski definition) is 1. The molecule has 1 aromatic carbocycles. The number of ether oxygens (including phenoxy) is 3. The number of methoxy groups -OCH3 is 1. The zero-order valence-electron chi connectivity index (χ0n) is 12.3. The summed E-state index contributed by atoms with van der Waals surface area (Å²) in [4.78, 5) is 0. The van der Waals surface area contributed by atoms with Crippen LogP contribution >= 0.6 is 31.9 Å². The van der Waals surface area contributed by atoms with Crippen LogP contribution < -0.4 is 14.8 Å². The standard InChI is InChI=1S/C15H21Br2NO3/c1-10(8-18-9-11-4-3-5-20-11)21-15-7-12(16)14(19-2)6-13(15)17/h6-7,10-11,18H,3-5,8-9H2,1-2H3. The van der Waals surface area contributed by atoms with Gasteiger partial charge in [-0.1, -0.05) is 0 Å². The Labute approximate surface area is 142 Å². The molecular formula is C15H21Br2NO3. The van der Waals surface area contributed by atoms with E-state index >= 15 is 0 Å². The normalized spacial score (nSPS) is 19.5. The first kappa shape index (κ1) is 17.1. The molecule has 4 nitrogen and oxygen atoms in total. The second-order valence-corrected chi connectivity index (χ2v) is 6.85. The fourth-order valence-corrected chi connectivity index (χ4v) is 3.17. The SMILES string of the molecule is COc1cc(Br)c(OC(C)CNCC2CCCO2)cc1Br. The average Bonchev–Trinajstić information content (AvgIpc) is 2.95. The lowest BCUT2D eigenvalue weighted by molar-refractivity contribution is 0.106. The van der Waals surface area contributed by atoms with Crippen LogP contribution in [0.2, 0.25) is 0 Å². The van der Waals surface area contributed by atoms with Gasteiger partial charge in [0.2, 0.25) is 0 Å². The van der Waals surface area contributed by atoms with E-state index in [1.807, 2.05) is 19.1 Å². The van der Waals surface area contributed by atoms with Crippen molar-refractivity contribution in [3.63, 3.8) is 0 Å². The van der Waals surface area contributed by atoms with Gasteiger partial charge in [-0.3, -0.25) is 0 Å². The number of hydrogen-bond acceptors (Lipinski definition) is 4. The third kappa shape index (κ3) is 5.13. The van der Waals surface area contributed by atoms with Crippen molar-refractivity contribution in [2.75, 3.05) is 26.8 Å². The number of rotatable bonds is 7. The minimum Gasteiger partial charge on any atom is -0.496 e. The molecule has 1 saturated heterocycles. The molecule has 0 bridgehead atoms. The van der Waals surface area contributed by atoms with Gasteiger partial charge in [0.15, 0.2) is 0 Å². The summed E-state index contributed by atoms with van der Waals surface area (Å²) in [5, 5.41) is 3.40. The van der Waals surface area contributed by atoms with Gasteiger partial charge < -0.3 is 19.5 Å². The van der Waals surface area contributed by atoms with E-state index in [-0.39, 0.29) is 6.10 Å². The minimum absolute atomic E-state index is 0.0722. The fraction of sp³-hybridized carbons (Fsp3) is 0.600. The molecule has 0 spiro atoms. The molecular weight excluding hydrogens is 402 g/mol. The summed E-state index contributed by atoms with van der Waals surface area (Å²) in [5.41, 5.74) is 0. The van der Waals surface area contributed by atoms with Gasteiger partial charge in [-0.2, -0.15) is 0 Å². The summed E-state index contributed by atoms with van der Waals surface area (Å²) < 4.78 is 18.5. The largest absolute Gasteiger partial charge is 0.496 e. The first-order chi connectivity index (χ1) is 10.1. The van der Waals surface area contributed by atoms with Crippen molar-refractivity contribution in [1.82, 2.24) is 5.32 Å². The molecule has 0 radical (unpaired) electrons. The molecule has 1 aromatic rings. The Balaban J connectivity index is 1.81. The summed E-state index contributed by atoms with van der Waals surface area (Å²) in [6.45, 7) is 4.62. The quantitative estimate of drug-likeness (QED) is 0.726. The average molecular weight is 423 g/mol. The van der Waals surface area contributed by atoms with Crippen LogP contribution in [0, 0.1) is 0 Å². The van der Waals surface area contributed by atoms with Crippen LogP contribution in [-0.2, 0) is 4.74 Å². The highest BCUT2D eigenvalue weighted by atomic mass is 79.9. The van der Waals surface area contributed by atoms with Gasteiger partial charge in [-0.15, -0.1) is 0 Å². The summed E-state index contributed by atoms with van der Waals surface area (Å²) in [5.74, 6) is 1.58. The van der Waals surface area contributed by atoms with Crippen molar-refractivity contribution in [3.8, 4) is 11.5 Å². The molecule has 1 heterocycles. The highest BCUT2D eigenvalue weighted by Crippen LogP contribution is 2.36. The van der Waals surface area contributed by atoms with Crippen LogP contribution in [0.15, 0.2) is 21.1 Å². The summed E-state index contributed by atoms with van der Waals surface area (Å²) in [6, 6.07) is 3.81. The summed E-state index contributed by atoms with van der Waals surface area (Å²) in [7, 11) is 1.64. The zero-order chi connectivity index (χ0) is 15.2. The van der Waals surface area contributed by atoms with Gasteiger partial charge in [0.05, 0.1) is 22.2 Å². The van der Waals surface area contributed by atoms with Crippen LogP contribution in [0.25, 0.3) is 0 Å². The van der Waals surface area contributed by atoms with E-state index in [1.54, 1.807) is 7.11 Å². The molecule has 0 amide bonds. The van der Waals surface area contributed by atoms with Crippen molar-refractivity contribution < 1.29 is 14.2 Å². The monoisotopic (exact) mass is 421 g/mol. The van der Waals surface area contributed by atoms with E-state index in [4.69, 9.17) is 14.2 Å². The lowest BCUT2D eigenvalue weighted by Gasteiger charge is -2.18. The van der Waals surface area contributed by atoms with E-state index < -0.39 is 0 Å². The zero-order valence-corrected chi connectivity index (χ0v) is 15.5. The molecule has 2 unspecified atom stereocenters. The van der Waals surface area contributed by atoms with Gasteiger partial charge in [0, 0.05) is 19.7 Å². The first-order valence-corrected chi connectivity index (χ1v) is 8.70. The molecule has 0 aromatic heterocycles. The second-order valence-electron chi connectivity index (χ2n) is 5.14. The molecule has 1 aliphatic heterocycles. The third-order valence-electron chi connectivity index (χ3n) is 3.36. The Morgan fingerprint density at radius 2 is 2.05 bits per heavy atom. The van der Waals surface area contributed by atoms with Crippen LogP contribution in [0.1, 0.15) is 19.8 Å². The molecule has 6 heteroatoms. The molecule has 2 atom stereocenters. The Hall–Kier alpha value is -0.300. The third-order valence-corrected chi connectivity index (χ3v) is 4.60. The van der Waals surface area contributed by atoms with E-state index in [0.717, 1.165) is 46.6 Å². The van der Waals surface area contributed by atoms with Crippen molar-refractivity contribution in [2.24, 2.45) is 0 Å². The van der Waals surface area contributed by atoms with Gasteiger partial charge in [0.1, 0.15) is 17.6 Å². The smallest absolute Gasteiger partial charge is 0.135 e. The Bertz CT molecular complexity index is 464.